The number of aromatic nitrogens is 1. The fourth-order valence-electron chi connectivity index (χ4n) is 1.08. The third kappa shape index (κ3) is 2.73. The zero-order chi connectivity index (χ0) is 12.2. The second-order valence-corrected chi connectivity index (χ2v) is 3.88. The topological polar surface area (TPSA) is 106 Å². The third-order valence-electron chi connectivity index (χ3n) is 2.18. The van der Waals surface area contributed by atoms with Crippen molar-refractivity contribution < 1.29 is 20.1 Å². The number of nitrogens with one attached hydrogen (secondary N) is 2. The summed E-state index contributed by atoms with van der Waals surface area (Å²) in [7, 11) is 0. The molecule has 0 saturated carbocycles. The zero-order valence-corrected chi connectivity index (χ0v) is 9.16. The molecule has 1 aromatic heterocycles. The summed E-state index contributed by atoms with van der Waals surface area (Å²) >= 11 is 5.62. The van der Waals surface area contributed by atoms with Crippen molar-refractivity contribution in [3.05, 3.63) is 23.0 Å². The van der Waals surface area contributed by atoms with Crippen LogP contribution in [0.25, 0.3) is 0 Å². The summed E-state index contributed by atoms with van der Waals surface area (Å²) < 4.78 is 0. The number of hydrogen-bond acceptors (Lipinski definition) is 4. The molecule has 0 aliphatic carbocycles. The van der Waals surface area contributed by atoms with Gasteiger partial charge in [0.2, 0.25) is 0 Å². The number of carbonyl (C=O) groups excluding carboxylic acids is 1. The highest BCUT2D eigenvalue weighted by molar-refractivity contribution is 6.30. The Labute approximate surface area is 96.9 Å². The van der Waals surface area contributed by atoms with Gasteiger partial charge in [-0.2, -0.15) is 0 Å². The first-order valence-corrected chi connectivity index (χ1v) is 4.94. The fourth-order valence-corrected chi connectivity index (χ4v) is 1.24. The molecule has 0 aliphatic rings. The van der Waals surface area contributed by atoms with E-state index in [0.717, 1.165) is 0 Å². The molecule has 16 heavy (non-hydrogen) atoms. The largest absolute Gasteiger partial charge is 0.394 e. The van der Waals surface area contributed by atoms with E-state index in [9.17, 15) is 4.79 Å². The summed E-state index contributed by atoms with van der Waals surface area (Å²) in [6, 6.07) is 1.40. The minimum atomic E-state index is -1.44. The van der Waals surface area contributed by atoms with E-state index in [-0.39, 0.29) is 5.69 Å². The molecule has 1 amide bonds. The van der Waals surface area contributed by atoms with Crippen molar-refractivity contribution in [2.45, 2.75) is 5.54 Å². The molecular weight excluding hydrogens is 236 g/mol. The third-order valence-corrected chi connectivity index (χ3v) is 2.40. The molecule has 0 radical (unpaired) electrons. The van der Waals surface area contributed by atoms with E-state index in [1.54, 1.807) is 0 Å². The van der Waals surface area contributed by atoms with Crippen LogP contribution in [0.15, 0.2) is 12.3 Å². The van der Waals surface area contributed by atoms with E-state index >= 15 is 0 Å². The smallest absolute Gasteiger partial charge is 0.268 e. The molecule has 0 unspecified atom stereocenters. The van der Waals surface area contributed by atoms with Crippen molar-refractivity contribution in [3.8, 4) is 0 Å². The highest BCUT2D eigenvalue weighted by atomic mass is 35.5. The first-order valence-electron chi connectivity index (χ1n) is 4.56. The summed E-state index contributed by atoms with van der Waals surface area (Å²) in [5.74, 6) is -0.566. The van der Waals surface area contributed by atoms with Gasteiger partial charge in [0, 0.05) is 6.20 Å². The number of amides is 1. The van der Waals surface area contributed by atoms with Crippen LogP contribution in [0.3, 0.4) is 0 Å². The van der Waals surface area contributed by atoms with Gasteiger partial charge >= 0.3 is 0 Å². The highest BCUT2D eigenvalue weighted by Crippen LogP contribution is 2.11. The lowest BCUT2D eigenvalue weighted by molar-refractivity contribution is 0.0373. The van der Waals surface area contributed by atoms with Gasteiger partial charge < -0.3 is 25.6 Å². The molecule has 5 N–H and O–H groups in total. The van der Waals surface area contributed by atoms with Crippen molar-refractivity contribution in [2.75, 3.05) is 19.8 Å². The number of rotatable bonds is 5. The SMILES string of the molecule is O=C(NC(CO)(CO)CO)c1cc(Cl)c[nH]1. The maximum atomic E-state index is 11.6. The molecule has 0 aliphatic heterocycles. The van der Waals surface area contributed by atoms with Crippen molar-refractivity contribution in [1.82, 2.24) is 10.3 Å². The number of H-pyrrole nitrogens is 1. The minimum Gasteiger partial charge on any atom is -0.394 e. The summed E-state index contributed by atoms with van der Waals surface area (Å²) in [5.41, 5.74) is -1.25. The Morgan fingerprint density at radius 3 is 2.31 bits per heavy atom. The van der Waals surface area contributed by atoms with Crippen LogP contribution in [-0.4, -0.2) is 51.6 Å². The van der Waals surface area contributed by atoms with Crippen LogP contribution in [0.2, 0.25) is 5.02 Å². The van der Waals surface area contributed by atoms with E-state index in [2.05, 4.69) is 10.3 Å². The van der Waals surface area contributed by atoms with Gasteiger partial charge in [-0.15, -0.1) is 0 Å². The lowest BCUT2D eigenvalue weighted by atomic mass is 10.0. The van der Waals surface area contributed by atoms with E-state index in [1.807, 2.05) is 0 Å². The monoisotopic (exact) mass is 248 g/mol. The lowest BCUT2D eigenvalue weighted by Crippen LogP contribution is -2.57. The maximum absolute atomic E-state index is 11.6. The van der Waals surface area contributed by atoms with Gasteiger partial charge in [-0.1, -0.05) is 11.6 Å². The molecule has 1 heterocycles. The molecule has 0 spiro atoms. The maximum Gasteiger partial charge on any atom is 0.268 e. The first kappa shape index (κ1) is 13.0. The number of hydrogen-bond donors (Lipinski definition) is 5. The molecule has 1 aromatic rings. The molecule has 90 valence electrons. The molecule has 0 fully saturated rings. The van der Waals surface area contributed by atoms with Gasteiger partial charge in [0.05, 0.1) is 24.8 Å². The predicted octanol–water partition coefficient (Wildman–Crippen LogP) is -0.886. The molecule has 1 rings (SSSR count). The summed E-state index contributed by atoms with van der Waals surface area (Å²) in [6.45, 7) is -1.71. The minimum absolute atomic E-state index is 0.185. The van der Waals surface area contributed by atoms with Gasteiger partial charge in [-0.25, -0.2) is 0 Å². The molecule has 0 bridgehead atoms. The van der Waals surface area contributed by atoms with Gasteiger partial charge in [0.1, 0.15) is 11.2 Å². The summed E-state index contributed by atoms with van der Waals surface area (Å²) in [6.07, 6.45) is 1.43. The van der Waals surface area contributed by atoms with Crippen molar-refractivity contribution in [2.24, 2.45) is 0 Å². The number of halogens is 1. The van der Waals surface area contributed by atoms with Gasteiger partial charge in [-0.05, 0) is 6.07 Å². The number of aliphatic hydroxyl groups excluding tert-OH is 3. The molecule has 0 atom stereocenters. The van der Waals surface area contributed by atoms with Gasteiger partial charge in [0.25, 0.3) is 5.91 Å². The highest BCUT2D eigenvalue weighted by Gasteiger charge is 2.30. The van der Waals surface area contributed by atoms with E-state index in [1.165, 1.54) is 12.3 Å². The Hall–Kier alpha value is -1.08. The Bertz CT molecular complexity index is 354. The Kier molecular flexibility index (Phi) is 4.31. The predicted molar refractivity (Wildman–Crippen MR) is 57.3 cm³/mol. The van der Waals surface area contributed by atoms with Crippen molar-refractivity contribution in [1.29, 1.82) is 0 Å². The second-order valence-electron chi connectivity index (χ2n) is 3.44. The number of aliphatic hydroxyl groups is 3. The van der Waals surface area contributed by atoms with Crippen LogP contribution in [0.4, 0.5) is 0 Å². The second kappa shape index (κ2) is 5.31. The summed E-state index contributed by atoms with van der Waals surface area (Å²) in [5, 5.41) is 29.7. The standard InChI is InChI=1S/C9H13ClN2O4/c10-6-1-7(11-2-6)8(16)12-9(3-13,4-14)5-15/h1-2,11,13-15H,3-5H2,(H,12,16). The average Bonchev–Trinajstić information content (AvgIpc) is 2.73. The normalized spacial score (nSPS) is 11.5. The zero-order valence-electron chi connectivity index (χ0n) is 8.40. The van der Waals surface area contributed by atoms with Crippen LogP contribution in [0, 0.1) is 0 Å². The van der Waals surface area contributed by atoms with E-state index in [0.29, 0.717) is 5.02 Å². The average molecular weight is 249 g/mol. The van der Waals surface area contributed by atoms with Gasteiger partial charge in [0.15, 0.2) is 0 Å². The quantitative estimate of drug-likeness (QED) is 0.466. The molecule has 0 aromatic carbocycles. The van der Waals surface area contributed by atoms with Crippen LogP contribution in [0.1, 0.15) is 10.5 Å². The fraction of sp³-hybridized carbons (Fsp3) is 0.444. The molecule has 7 heteroatoms. The van der Waals surface area contributed by atoms with Crippen molar-refractivity contribution in [3.63, 3.8) is 0 Å². The molecule has 0 saturated heterocycles. The number of carbonyl (C=O) groups is 1. The van der Waals surface area contributed by atoms with Gasteiger partial charge in [-0.3, -0.25) is 4.79 Å². The Balaban J connectivity index is 2.76. The lowest BCUT2D eigenvalue weighted by Gasteiger charge is -2.28. The first-order chi connectivity index (χ1) is 7.56. The summed E-state index contributed by atoms with van der Waals surface area (Å²) in [4.78, 5) is 14.2. The van der Waals surface area contributed by atoms with Crippen LogP contribution in [0.5, 0.6) is 0 Å². The Morgan fingerprint density at radius 2 is 1.94 bits per heavy atom. The van der Waals surface area contributed by atoms with E-state index < -0.39 is 31.3 Å². The number of aromatic amines is 1. The molecular formula is C9H13ClN2O4. The van der Waals surface area contributed by atoms with Crippen LogP contribution >= 0.6 is 11.6 Å². The molecule has 6 nitrogen and oxygen atoms in total. The van der Waals surface area contributed by atoms with Crippen LogP contribution < -0.4 is 5.32 Å². The Morgan fingerprint density at radius 1 is 1.38 bits per heavy atom. The van der Waals surface area contributed by atoms with Crippen molar-refractivity contribution >= 4 is 17.5 Å². The van der Waals surface area contributed by atoms with E-state index in [4.69, 9.17) is 26.9 Å². The van der Waals surface area contributed by atoms with Crippen LogP contribution in [-0.2, 0) is 0 Å².